The minimum absolute atomic E-state index is 0.0602. The number of nitrogens with one attached hydrogen (secondary N) is 1. The second kappa shape index (κ2) is 9.91. The number of ether oxygens (including phenoxy) is 2. The Morgan fingerprint density at radius 1 is 1.32 bits per heavy atom. The van der Waals surface area contributed by atoms with Crippen molar-refractivity contribution in [2.24, 2.45) is 4.99 Å². The summed E-state index contributed by atoms with van der Waals surface area (Å²) >= 11 is 0. The van der Waals surface area contributed by atoms with E-state index in [1.54, 1.807) is 18.3 Å². The van der Waals surface area contributed by atoms with Crippen LogP contribution >= 0.6 is 0 Å². The summed E-state index contributed by atoms with van der Waals surface area (Å²) in [6.07, 6.45) is 7.24. The number of hydrogen-bond acceptors (Lipinski definition) is 6. The molecule has 7 nitrogen and oxygen atoms in total. The molecule has 3 heterocycles. The first kappa shape index (κ1) is 23.2. The first-order valence-corrected chi connectivity index (χ1v) is 11.0. The molecule has 0 aliphatic carbocycles. The van der Waals surface area contributed by atoms with Gasteiger partial charge in [0.15, 0.2) is 17.2 Å². The Kier molecular flexibility index (Phi) is 6.77. The molecular weight excluding hydrogens is 433 g/mol. The van der Waals surface area contributed by atoms with Crippen LogP contribution in [-0.4, -0.2) is 34.8 Å². The van der Waals surface area contributed by atoms with Crippen molar-refractivity contribution < 1.29 is 13.9 Å². The zero-order valence-corrected chi connectivity index (χ0v) is 19.6. The minimum atomic E-state index is -0.565. The van der Waals surface area contributed by atoms with Gasteiger partial charge in [0.2, 0.25) is 0 Å². The fraction of sp³-hybridized carbons (Fsp3) is 0.269. The van der Waals surface area contributed by atoms with Crippen LogP contribution < -0.4 is 20.3 Å². The number of halogens is 1. The zero-order valence-electron chi connectivity index (χ0n) is 19.6. The molecule has 1 aliphatic heterocycles. The molecule has 4 rings (SSSR count). The highest BCUT2D eigenvalue weighted by Gasteiger charge is 2.20. The van der Waals surface area contributed by atoms with Crippen molar-refractivity contribution in [3.63, 3.8) is 0 Å². The third-order valence-corrected chi connectivity index (χ3v) is 5.82. The van der Waals surface area contributed by atoms with Gasteiger partial charge < -0.3 is 19.4 Å². The number of aromatic nitrogens is 3. The highest BCUT2D eigenvalue weighted by atomic mass is 19.1. The molecule has 1 atom stereocenters. The summed E-state index contributed by atoms with van der Waals surface area (Å²) in [5, 5.41) is 3.42. The summed E-state index contributed by atoms with van der Waals surface area (Å²) < 4.78 is 27.5. The van der Waals surface area contributed by atoms with Crippen molar-refractivity contribution in [1.29, 1.82) is 0 Å². The molecule has 1 N–H and O–H groups in total. The number of allylic oxidation sites excluding steroid dienone is 4. The quantitative estimate of drug-likeness (QED) is 0.518. The smallest absolute Gasteiger partial charge is 0.190 e. The van der Waals surface area contributed by atoms with E-state index in [0.717, 1.165) is 24.1 Å². The Labute approximate surface area is 198 Å². The fourth-order valence-corrected chi connectivity index (χ4v) is 4.01. The topological polar surface area (TPSA) is 73.6 Å². The average Bonchev–Trinajstić information content (AvgIpc) is 3.27. The summed E-state index contributed by atoms with van der Waals surface area (Å²) in [7, 11) is 2.92. The molecule has 1 unspecified atom stereocenters. The van der Waals surface area contributed by atoms with E-state index >= 15 is 4.39 Å². The minimum Gasteiger partial charge on any atom is -0.497 e. The van der Waals surface area contributed by atoms with Gasteiger partial charge in [0.05, 0.1) is 26.1 Å². The van der Waals surface area contributed by atoms with E-state index in [-0.39, 0.29) is 17.5 Å². The molecule has 2 aromatic heterocycles. The van der Waals surface area contributed by atoms with Gasteiger partial charge in [-0.15, -0.1) is 0 Å². The molecular formula is C26H28FN5O2. The lowest BCUT2D eigenvalue weighted by molar-refractivity contribution is 0.374. The molecule has 1 saturated heterocycles. The van der Waals surface area contributed by atoms with Crippen LogP contribution in [0.4, 0.5) is 10.1 Å². The molecule has 0 amide bonds. The van der Waals surface area contributed by atoms with E-state index in [9.17, 15) is 0 Å². The molecule has 0 spiro atoms. The van der Waals surface area contributed by atoms with Crippen LogP contribution in [0.2, 0.25) is 0 Å². The van der Waals surface area contributed by atoms with Crippen LogP contribution in [0.25, 0.3) is 16.7 Å². The molecule has 0 bridgehead atoms. The number of nitrogens with zero attached hydrogens (tertiary/aromatic N) is 4. The Bertz CT molecular complexity index is 1360. The number of hydrogen-bond donors (Lipinski definition) is 1. The number of rotatable bonds is 7. The Hall–Kier alpha value is -3.94. The van der Waals surface area contributed by atoms with Crippen molar-refractivity contribution >= 4 is 22.4 Å². The van der Waals surface area contributed by atoms with Gasteiger partial charge in [0.25, 0.3) is 0 Å². The van der Waals surface area contributed by atoms with E-state index in [1.165, 1.54) is 20.3 Å². The summed E-state index contributed by atoms with van der Waals surface area (Å²) in [4.78, 5) is 14.1. The number of benzene rings is 1. The van der Waals surface area contributed by atoms with Crippen molar-refractivity contribution in [3.05, 3.63) is 78.5 Å². The van der Waals surface area contributed by atoms with E-state index in [2.05, 4.69) is 28.5 Å². The molecule has 1 fully saturated rings. The largest absolute Gasteiger partial charge is 0.497 e. The van der Waals surface area contributed by atoms with Gasteiger partial charge in [-0.05, 0) is 37.5 Å². The fourth-order valence-electron chi connectivity index (χ4n) is 4.01. The van der Waals surface area contributed by atoms with Crippen LogP contribution in [0.3, 0.4) is 0 Å². The molecule has 0 saturated carbocycles. The van der Waals surface area contributed by atoms with Gasteiger partial charge in [-0.3, -0.25) is 4.98 Å². The first-order chi connectivity index (χ1) is 16.5. The van der Waals surface area contributed by atoms with Gasteiger partial charge in [0.1, 0.15) is 22.4 Å². The van der Waals surface area contributed by atoms with E-state index in [4.69, 9.17) is 14.5 Å². The predicted molar refractivity (Wildman–Crippen MR) is 131 cm³/mol. The third-order valence-electron chi connectivity index (χ3n) is 5.82. The lowest BCUT2D eigenvalue weighted by Crippen LogP contribution is -2.32. The Balaban J connectivity index is 1.96. The van der Waals surface area contributed by atoms with Crippen LogP contribution in [0.5, 0.6) is 11.5 Å². The van der Waals surface area contributed by atoms with Crippen LogP contribution in [0.1, 0.15) is 25.5 Å². The Morgan fingerprint density at radius 3 is 2.79 bits per heavy atom. The number of fused-ring (bicyclic) bond motifs is 1. The monoisotopic (exact) mass is 461 g/mol. The van der Waals surface area contributed by atoms with E-state index < -0.39 is 5.82 Å². The molecule has 8 heteroatoms. The van der Waals surface area contributed by atoms with Gasteiger partial charge in [-0.25, -0.2) is 14.4 Å². The third kappa shape index (κ3) is 4.57. The second-order valence-corrected chi connectivity index (χ2v) is 7.97. The van der Waals surface area contributed by atoms with Crippen LogP contribution in [0, 0.1) is 5.82 Å². The highest BCUT2D eigenvalue weighted by molar-refractivity contribution is 5.76. The van der Waals surface area contributed by atoms with Crippen molar-refractivity contribution in [2.45, 2.75) is 32.4 Å². The van der Waals surface area contributed by atoms with Crippen molar-refractivity contribution in [3.8, 4) is 11.5 Å². The summed E-state index contributed by atoms with van der Waals surface area (Å²) in [5.74, 6) is -0.0566. The first-order valence-electron chi connectivity index (χ1n) is 11.0. The molecule has 34 heavy (non-hydrogen) atoms. The van der Waals surface area contributed by atoms with Crippen LogP contribution in [-0.2, 0) is 6.54 Å². The van der Waals surface area contributed by atoms with Gasteiger partial charge in [0, 0.05) is 30.4 Å². The van der Waals surface area contributed by atoms with Crippen molar-refractivity contribution in [1.82, 2.24) is 19.9 Å². The Morgan fingerprint density at radius 2 is 2.15 bits per heavy atom. The number of methoxy groups -OCH3 is 2. The van der Waals surface area contributed by atoms with Crippen molar-refractivity contribution in [2.75, 3.05) is 14.2 Å². The molecule has 3 aromatic rings. The normalized spacial score (nSPS) is 16.6. The maximum absolute atomic E-state index is 15.1. The van der Waals surface area contributed by atoms with E-state index in [0.29, 0.717) is 34.6 Å². The summed E-state index contributed by atoms with van der Waals surface area (Å²) in [6, 6.07) is 6.83. The molecule has 176 valence electrons. The lowest BCUT2D eigenvalue weighted by Gasteiger charge is -2.17. The summed E-state index contributed by atoms with van der Waals surface area (Å²) in [6.45, 7) is 10.4. The maximum Gasteiger partial charge on any atom is 0.190 e. The number of pyridine rings is 1. The predicted octanol–water partition coefficient (Wildman–Crippen LogP) is 4.68. The standard InChI is InChI=1S/C26H28FN5O2/c1-6-17(7-2)22-14-28-20-10-11-24(30-21-12-19(33-4)13-23(34-5)25(21)27)32(26(20)31-22)15-18-9-8-16(3)29-18/h6-7,10-14,18,29H,1,3,8-9,15H2,2,4-5H3/b17-7+,30-24+. The zero-order chi connectivity index (χ0) is 24.2. The van der Waals surface area contributed by atoms with Gasteiger partial charge >= 0.3 is 0 Å². The van der Waals surface area contributed by atoms with Crippen LogP contribution in [0.15, 0.2) is 66.5 Å². The van der Waals surface area contributed by atoms with Gasteiger partial charge in [-0.2, -0.15) is 0 Å². The lowest BCUT2D eigenvalue weighted by atomic mass is 10.2. The average molecular weight is 462 g/mol. The molecule has 1 aliphatic rings. The van der Waals surface area contributed by atoms with Gasteiger partial charge in [-0.1, -0.05) is 25.3 Å². The second-order valence-electron chi connectivity index (χ2n) is 7.97. The summed E-state index contributed by atoms with van der Waals surface area (Å²) in [5.41, 5.74) is 4.58. The molecule has 0 radical (unpaired) electrons. The van der Waals surface area contributed by atoms with E-state index in [1.807, 2.05) is 29.7 Å². The SMILES string of the molecule is C=C/C(=C\C)c1cnc2cc/c(=N\c3cc(OC)cc(OC)c3F)n(CC3CCC(=C)N3)c2n1. The maximum atomic E-state index is 15.1. The highest BCUT2D eigenvalue weighted by Crippen LogP contribution is 2.32. The molecule has 1 aromatic carbocycles.